The lowest BCUT2D eigenvalue weighted by molar-refractivity contribution is -0.119. The van der Waals surface area contributed by atoms with E-state index in [2.05, 4.69) is 5.32 Å². The fourth-order valence-electron chi connectivity index (χ4n) is 2.34. The number of ether oxygens (including phenoxy) is 2. The number of nitrogens with one attached hydrogen (secondary N) is 1. The number of phenols is 1. The van der Waals surface area contributed by atoms with E-state index in [0.29, 0.717) is 22.2 Å². The maximum atomic E-state index is 12.2. The van der Waals surface area contributed by atoms with Crippen molar-refractivity contribution in [2.24, 2.45) is 0 Å². The van der Waals surface area contributed by atoms with Crippen molar-refractivity contribution >= 4 is 29.2 Å². The maximum Gasteiger partial charge on any atom is 0.338 e. The number of phenolic OH excluding ortho intramolecular Hbond substituents is 1. The van der Waals surface area contributed by atoms with Crippen LogP contribution in [0.5, 0.6) is 17.2 Å². The van der Waals surface area contributed by atoms with E-state index in [9.17, 15) is 14.7 Å². The minimum absolute atomic E-state index is 0.0690. The van der Waals surface area contributed by atoms with E-state index in [1.807, 2.05) is 18.2 Å². The maximum absolute atomic E-state index is 12.2. The van der Waals surface area contributed by atoms with Crippen LogP contribution in [0.15, 0.2) is 72.8 Å². The second-order valence-electron chi connectivity index (χ2n) is 5.73. The molecule has 0 fully saturated rings. The lowest BCUT2D eigenvalue weighted by Crippen LogP contribution is -2.21. The third-order valence-corrected chi connectivity index (χ3v) is 3.84. The number of rotatable bonds is 6. The number of anilines is 1. The predicted molar refractivity (Wildman–Crippen MR) is 105 cm³/mol. The molecule has 142 valence electrons. The zero-order chi connectivity index (χ0) is 19.9. The Bertz CT molecular complexity index is 991. The van der Waals surface area contributed by atoms with Crippen molar-refractivity contribution in [2.45, 2.75) is 0 Å². The molecule has 3 aromatic rings. The number of para-hydroxylation sites is 1. The Morgan fingerprint density at radius 2 is 1.75 bits per heavy atom. The van der Waals surface area contributed by atoms with Crippen LogP contribution in [0.2, 0.25) is 5.02 Å². The van der Waals surface area contributed by atoms with Crippen LogP contribution in [0.1, 0.15) is 10.4 Å². The van der Waals surface area contributed by atoms with Crippen molar-refractivity contribution in [1.29, 1.82) is 0 Å². The number of amides is 1. The van der Waals surface area contributed by atoms with Gasteiger partial charge in [0.15, 0.2) is 12.4 Å². The number of hydrogen-bond donors (Lipinski definition) is 2. The van der Waals surface area contributed by atoms with Gasteiger partial charge < -0.3 is 19.9 Å². The summed E-state index contributed by atoms with van der Waals surface area (Å²) in [5.41, 5.74) is 0.485. The van der Waals surface area contributed by atoms with Crippen LogP contribution in [0, 0.1) is 0 Å². The van der Waals surface area contributed by atoms with Gasteiger partial charge in [-0.25, -0.2) is 4.79 Å². The van der Waals surface area contributed by atoms with Crippen molar-refractivity contribution in [1.82, 2.24) is 0 Å². The van der Waals surface area contributed by atoms with E-state index in [1.165, 1.54) is 30.3 Å². The van der Waals surface area contributed by atoms with Gasteiger partial charge in [0.25, 0.3) is 5.91 Å². The zero-order valence-corrected chi connectivity index (χ0v) is 15.3. The van der Waals surface area contributed by atoms with Crippen LogP contribution < -0.4 is 10.1 Å². The molecular formula is C21H16ClNO5. The minimum atomic E-state index is -0.724. The molecule has 0 unspecified atom stereocenters. The molecule has 0 aliphatic heterocycles. The third kappa shape index (κ3) is 5.25. The van der Waals surface area contributed by atoms with E-state index in [1.54, 1.807) is 24.3 Å². The normalized spacial score (nSPS) is 10.2. The van der Waals surface area contributed by atoms with Crippen LogP contribution in [0.25, 0.3) is 0 Å². The second kappa shape index (κ2) is 8.92. The minimum Gasteiger partial charge on any atom is -0.508 e. The topological polar surface area (TPSA) is 84.9 Å². The van der Waals surface area contributed by atoms with Crippen LogP contribution in [-0.2, 0) is 9.53 Å². The number of hydrogen-bond acceptors (Lipinski definition) is 5. The summed E-state index contributed by atoms with van der Waals surface area (Å²) in [5, 5.41) is 12.4. The molecule has 0 saturated carbocycles. The summed E-state index contributed by atoms with van der Waals surface area (Å²) in [6, 6.07) is 19.5. The lowest BCUT2D eigenvalue weighted by atomic mass is 10.2. The first-order chi connectivity index (χ1) is 13.5. The number of carbonyl (C=O) groups is 2. The summed E-state index contributed by atoms with van der Waals surface area (Å²) in [5.74, 6) is -0.369. The van der Waals surface area contributed by atoms with E-state index >= 15 is 0 Å². The molecule has 0 atom stereocenters. The Morgan fingerprint density at radius 3 is 2.50 bits per heavy atom. The average Bonchev–Trinajstić information content (AvgIpc) is 2.69. The van der Waals surface area contributed by atoms with Crippen molar-refractivity contribution in [3.05, 3.63) is 83.4 Å². The Balaban J connectivity index is 1.65. The summed E-state index contributed by atoms with van der Waals surface area (Å²) in [4.78, 5) is 24.2. The first kappa shape index (κ1) is 19.3. The standard InChI is InChI=1S/C21H16ClNO5/c22-15-9-10-19(28-17-7-2-1-3-8-17)18(12-15)23-20(25)13-27-21(26)14-5-4-6-16(24)11-14/h1-12,24H,13H2,(H,23,25). The van der Waals surface area contributed by atoms with Crippen molar-refractivity contribution in [3.63, 3.8) is 0 Å². The van der Waals surface area contributed by atoms with Crippen LogP contribution in [0.4, 0.5) is 5.69 Å². The molecule has 1 amide bonds. The predicted octanol–water partition coefficient (Wildman–Crippen LogP) is 4.63. The molecule has 3 rings (SSSR count). The van der Waals surface area contributed by atoms with Gasteiger partial charge in [0.05, 0.1) is 11.3 Å². The van der Waals surface area contributed by atoms with Crippen molar-refractivity contribution < 1.29 is 24.2 Å². The SMILES string of the molecule is O=C(COC(=O)c1cccc(O)c1)Nc1cc(Cl)ccc1Oc1ccccc1. The molecule has 7 heteroatoms. The number of carbonyl (C=O) groups excluding carboxylic acids is 2. The van der Waals surface area contributed by atoms with Gasteiger partial charge in [-0.05, 0) is 48.5 Å². The Hall–Kier alpha value is -3.51. The highest BCUT2D eigenvalue weighted by Gasteiger charge is 2.13. The molecule has 0 aliphatic carbocycles. The number of aromatic hydroxyl groups is 1. The molecule has 0 heterocycles. The highest BCUT2D eigenvalue weighted by atomic mass is 35.5. The van der Waals surface area contributed by atoms with Gasteiger partial charge in [-0.3, -0.25) is 4.79 Å². The third-order valence-electron chi connectivity index (χ3n) is 3.60. The van der Waals surface area contributed by atoms with Gasteiger partial charge in [-0.15, -0.1) is 0 Å². The summed E-state index contributed by atoms with van der Waals surface area (Å²) in [7, 11) is 0. The van der Waals surface area contributed by atoms with E-state index in [-0.39, 0.29) is 11.3 Å². The van der Waals surface area contributed by atoms with Gasteiger partial charge in [0.2, 0.25) is 0 Å². The molecular weight excluding hydrogens is 382 g/mol. The highest BCUT2D eigenvalue weighted by Crippen LogP contribution is 2.32. The molecule has 28 heavy (non-hydrogen) atoms. The van der Waals surface area contributed by atoms with Gasteiger partial charge in [0, 0.05) is 5.02 Å². The first-order valence-corrected chi connectivity index (χ1v) is 8.67. The zero-order valence-electron chi connectivity index (χ0n) is 14.6. The van der Waals surface area contributed by atoms with E-state index in [4.69, 9.17) is 21.1 Å². The molecule has 0 aromatic heterocycles. The van der Waals surface area contributed by atoms with Gasteiger partial charge >= 0.3 is 5.97 Å². The fraction of sp³-hybridized carbons (Fsp3) is 0.0476. The summed E-state index contributed by atoms with van der Waals surface area (Å²) in [6.07, 6.45) is 0. The largest absolute Gasteiger partial charge is 0.508 e. The molecule has 0 aliphatic rings. The Labute approximate surface area is 166 Å². The van der Waals surface area contributed by atoms with E-state index < -0.39 is 18.5 Å². The quantitative estimate of drug-likeness (QED) is 0.592. The number of benzene rings is 3. The highest BCUT2D eigenvalue weighted by molar-refractivity contribution is 6.31. The van der Waals surface area contributed by atoms with Crippen molar-refractivity contribution in [3.8, 4) is 17.2 Å². The molecule has 0 saturated heterocycles. The smallest absolute Gasteiger partial charge is 0.338 e. The fourth-order valence-corrected chi connectivity index (χ4v) is 2.51. The Morgan fingerprint density at radius 1 is 0.964 bits per heavy atom. The monoisotopic (exact) mass is 397 g/mol. The van der Waals surface area contributed by atoms with Crippen LogP contribution in [0.3, 0.4) is 0 Å². The first-order valence-electron chi connectivity index (χ1n) is 8.30. The summed E-state index contributed by atoms with van der Waals surface area (Å²) in [6.45, 7) is -0.508. The van der Waals surface area contributed by atoms with Gasteiger partial charge in [-0.1, -0.05) is 35.9 Å². The molecule has 2 N–H and O–H groups in total. The van der Waals surface area contributed by atoms with Gasteiger partial charge in [0.1, 0.15) is 11.5 Å². The Kier molecular flexibility index (Phi) is 6.14. The van der Waals surface area contributed by atoms with Gasteiger partial charge in [-0.2, -0.15) is 0 Å². The summed E-state index contributed by atoms with van der Waals surface area (Å²) >= 11 is 6.01. The van der Waals surface area contributed by atoms with Crippen LogP contribution >= 0.6 is 11.6 Å². The lowest BCUT2D eigenvalue weighted by Gasteiger charge is -2.13. The number of halogens is 1. The van der Waals surface area contributed by atoms with Crippen molar-refractivity contribution in [2.75, 3.05) is 11.9 Å². The molecule has 0 radical (unpaired) electrons. The summed E-state index contributed by atoms with van der Waals surface area (Å²) < 4.78 is 10.7. The average molecular weight is 398 g/mol. The second-order valence-corrected chi connectivity index (χ2v) is 6.17. The molecule has 0 spiro atoms. The van der Waals surface area contributed by atoms with E-state index in [0.717, 1.165) is 0 Å². The molecule has 3 aromatic carbocycles. The molecule has 6 nitrogen and oxygen atoms in total. The number of esters is 1. The molecule has 0 bridgehead atoms. The van der Waals surface area contributed by atoms with Crippen LogP contribution in [-0.4, -0.2) is 23.6 Å².